The number of rotatable bonds is 10. The second-order valence-corrected chi connectivity index (χ2v) is 5.97. The van der Waals surface area contributed by atoms with Crippen molar-refractivity contribution in [3.8, 4) is 11.5 Å². The van der Waals surface area contributed by atoms with Gasteiger partial charge in [-0.2, -0.15) is 0 Å². The lowest BCUT2D eigenvalue weighted by Gasteiger charge is -2.08. The molecule has 4 nitrogen and oxygen atoms in total. The highest BCUT2D eigenvalue weighted by Gasteiger charge is 2.10. The van der Waals surface area contributed by atoms with Gasteiger partial charge in [0.1, 0.15) is 0 Å². The smallest absolute Gasteiger partial charge is 0.338 e. The highest BCUT2D eigenvalue weighted by atomic mass is 16.5. The Hall–Kier alpha value is -1.71. The third kappa shape index (κ3) is 6.83. The zero-order valence-corrected chi connectivity index (χ0v) is 13.9. The van der Waals surface area contributed by atoms with Crippen molar-refractivity contribution in [3.05, 3.63) is 23.8 Å². The van der Waals surface area contributed by atoms with E-state index in [9.17, 15) is 9.90 Å². The van der Waals surface area contributed by atoms with Crippen molar-refractivity contribution < 1.29 is 19.4 Å². The van der Waals surface area contributed by atoms with E-state index in [0.717, 1.165) is 18.8 Å². The maximum absolute atomic E-state index is 11.9. The van der Waals surface area contributed by atoms with Crippen molar-refractivity contribution in [2.75, 3.05) is 13.7 Å². The predicted octanol–water partition coefficient (Wildman–Crippen LogP) is 4.55. The van der Waals surface area contributed by atoms with Crippen LogP contribution in [0, 0.1) is 5.92 Å². The van der Waals surface area contributed by atoms with E-state index in [1.165, 1.54) is 51.0 Å². The summed E-state index contributed by atoms with van der Waals surface area (Å²) in [7, 11) is 1.45. The summed E-state index contributed by atoms with van der Waals surface area (Å²) in [6.07, 6.45) is 6.99. The number of benzene rings is 1. The van der Waals surface area contributed by atoms with Crippen LogP contribution in [0.15, 0.2) is 18.2 Å². The molecule has 0 aromatic heterocycles. The fourth-order valence-electron chi connectivity index (χ4n) is 2.24. The normalized spacial score (nSPS) is 10.7. The highest BCUT2D eigenvalue weighted by Crippen LogP contribution is 2.26. The number of phenolic OH excluding ortho intramolecular Hbond substituents is 1. The number of esters is 1. The van der Waals surface area contributed by atoms with Gasteiger partial charge in [-0.05, 0) is 30.5 Å². The molecule has 22 heavy (non-hydrogen) atoms. The third-order valence-electron chi connectivity index (χ3n) is 3.57. The van der Waals surface area contributed by atoms with E-state index in [1.807, 2.05) is 0 Å². The number of carbonyl (C=O) groups excluding carboxylic acids is 1. The Kier molecular flexibility index (Phi) is 8.41. The SMILES string of the molecule is COc1cc(C(=O)OCCCCCCCC(C)C)ccc1O. The Morgan fingerprint density at radius 2 is 1.82 bits per heavy atom. The summed E-state index contributed by atoms with van der Waals surface area (Å²) in [5, 5.41) is 9.49. The molecule has 0 heterocycles. The van der Waals surface area contributed by atoms with Crippen LogP contribution in [0.3, 0.4) is 0 Å². The van der Waals surface area contributed by atoms with Crippen molar-refractivity contribution in [2.45, 2.75) is 52.4 Å². The second-order valence-electron chi connectivity index (χ2n) is 5.97. The zero-order valence-electron chi connectivity index (χ0n) is 13.9. The van der Waals surface area contributed by atoms with Gasteiger partial charge in [-0.15, -0.1) is 0 Å². The molecule has 0 unspecified atom stereocenters. The second kappa shape index (κ2) is 10.1. The highest BCUT2D eigenvalue weighted by molar-refractivity contribution is 5.90. The number of hydrogen-bond donors (Lipinski definition) is 1. The molecule has 1 aromatic carbocycles. The summed E-state index contributed by atoms with van der Waals surface area (Å²) in [4.78, 5) is 11.9. The molecular formula is C18H28O4. The van der Waals surface area contributed by atoms with E-state index in [4.69, 9.17) is 9.47 Å². The van der Waals surface area contributed by atoms with Crippen LogP contribution in [0.25, 0.3) is 0 Å². The molecule has 0 saturated heterocycles. The molecule has 0 atom stereocenters. The number of hydrogen-bond acceptors (Lipinski definition) is 4. The van der Waals surface area contributed by atoms with E-state index in [-0.39, 0.29) is 17.5 Å². The van der Waals surface area contributed by atoms with E-state index in [0.29, 0.717) is 12.2 Å². The number of aromatic hydroxyl groups is 1. The van der Waals surface area contributed by atoms with E-state index in [2.05, 4.69) is 13.8 Å². The van der Waals surface area contributed by atoms with Crippen LogP contribution in [-0.4, -0.2) is 24.8 Å². The topological polar surface area (TPSA) is 55.8 Å². The third-order valence-corrected chi connectivity index (χ3v) is 3.57. The number of phenols is 1. The van der Waals surface area contributed by atoms with Gasteiger partial charge in [0.2, 0.25) is 0 Å². The van der Waals surface area contributed by atoms with Gasteiger partial charge in [0.25, 0.3) is 0 Å². The summed E-state index contributed by atoms with van der Waals surface area (Å²) in [5.41, 5.74) is 0.395. The van der Waals surface area contributed by atoms with Gasteiger partial charge in [-0.1, -0.05) is 46.0 Å². The van der Waals surface area contributed by atoms with Gasteiger partial charge in [0.05, 0.1) is 19.3 Å². The van der Waals surface area contributed by atoms with Gasteiger partial charge < -0.3 is 14.6 Å². The Morgan fingerprint density at radius 3 is 2.50 bits per heavy atom. The van der Waals surface area contributed by atoms with Crippen molar-refractivity contribution >= 4 is 5.97 Å². The molecular weight excluding hydrogens is 280 g/mol. The van der Waals surface area contributed by atoms with Crippen molar-refractivity contribution in [1.82, 2.24) is 0 Å². The number of carbonyl (C=O) groups is 1. The van der Waals surface area contributed by atoms with Gasteiger partial charge in [-0.3, -0.25) is 0 Å². The lowest BCUT2D eigenvalue weighted by Crippen LogP contribution is -2.06. The first-order valence-electron chi connectivity index (χ1n) is 8.08. The molecule has 1 rings (SSSR count). The summed E-state index contributed by atoms with van der Waals surface area (Å²) < 4.78 is 10.2. The van der Waals surface area contributed by atoms with E-state index >= 15 is 0 Å². The van der Waals surface area contributed by atoms with E-state index in [1.54, 1.807) is 0 Å². The Morgan fingerprint density at radius 1 is 1.14 bits per heavy atom. The maximum atomic E-state index is 11.9. The number of methoxy groups -OCH3 is 1. The molecule has 124 valence electrons. The van der Waals surface area contributed by atoms with Crippen molar-refractivity contribution in [1.29, 1.82) is 0 Å². The quantitative estimate of drug-likeness (QED) is 0.509. The molecule has 0 fully saturated rings. The Bertz CT molecular complexity index is 454. The molecule has 0 amide bonds. The Labute approximate surface area is 133 Å². The summed E-state index contributed by atoms with van der Waals surface area (Å²) in [6.45, 7) is 4.93. The average Bonchev–Trinajstić information content (AvgIpc) is 2.49. The molecule has 1 aromatic rings. The van der Waals surface area contributed by atoms with Crippen LogP contribution in [0.5, 0.6) is 11.5 Å². The lowest BCUT2D eigenvalue weighted by molar-refractivity contribution is 0.0497. The number of unbranched alkanes of at least 4 members (excludes halogenated alkanes) is 4. The molecule has 0 saturated carbocycles. The fourth-order valence-corrected chi connectivity index (χ4v) is 2.24. The van der Waals surface area contributed by atoms with E-state index < -0.39 is 0 Å². The number of ether oxygens (including phenoxy) is 2. The van der Waals surface area contributed by atoms with Crippen LogP contribution < -0.4 is 4.74 Å². The molecule has 0 aliphatic heterocycles. The minimum absolute atomic E-state index is 0.0143. The minimum atomic E-state index is -0.377. The molecule has 4 heteroatoms. The van der Waals surface area contributed by atoms with Crippen LogP contribution in [0.2, 0.25) is 0 Å². The van der Waals surface area contributed by atoms with Crippen LogP contribution in [-0.2, 0) is 4.74 Å². The van der Waals surface area contributed by atoms with Gasteiger partial charge in [0.15, 0.2) is 11.5 Å². The summed E-state index contributed by atoms with van der Waals surface area (Å²) in [5.74, 6) is 0.696. The molecule has 0 aliphatic carbocycles. The average molecular weight is 308 g/mol. The standard InChI is InChI=1S/C18H28O4/c1-14(2)9-7-5-4-6-8-12-22-18(20)15-10-11-16(19)17(13-15)21-3/h10-11,13-14,19H,4-9,12H2,1-3H3. The Balaban J connectivity index is 2.18. The zero-order chi connectivity index (χ0) is 16.4. The lowest BCUT2D eigenvalue weighted by atomic mass is 10.0. The predicted molar refractivity (Wildman–Crippen MR) is 87.5 cm³/mol. The van der Waals surface area contributed by atoms with Crippen LogP contribution in [0.4, 0.5) is 0 Å². The van der Waals surface area contributed by atoms with Gasteiger partial charge in [0, 0.05) is 0 Å². The first-order valence-corrected chi connectivity index (χ1v) is 8.08. The molecule has 0 aliphatic rings. The fraction of sp³-hybridized carbons (Fsp3) is 0.611. The molecule has 1 N–H and O–H groups in total. The summed E-state index contributed by atoms with van der Waals surface area (Å²) in [6, 6.07) is 4.46. The molecule has 0 spiro atoms. The van der Waals surface area contributed by atoms with Gasteiger partial charge in [-0.25, -0.2) is 4.79 Å². The molecule has 0 bridgehead atoms. The van der Waals surface area contributed by atoms with Crippen molar-refractivity contribution in [3.63, 3.8) is 0 Å². The van der Waals surface area contributed by atoms with Crippen molar-refractivity contribution in [2.24, 2.45) is 5.92 Å². The molecule has 0 radical (unpaired) electrons. The van der Waals surface area contributed by atoms with Gasteiger partial charge >= 0.3 is 5.97 Å². The first kappa shape index (κ1) is 18.3. The monoisotopic (exact) mass is 308 g/mol. The largest absolute Gasteiger partial charge is 0.504 e. The maximum Gasteiger partial charge on any atom is 0.338 e. The first-order chi connectivity index (χ1) is 10.5. The summed E-state index contributed by atoms with van der Waals surface area (Å²) >= 11 is 0. The minimum Gasteiger partial charge on any atom is -0.504 e. The van der Waals surface area contributed by atoms with Crippen LogP contribution >= 0.6 is 0 Å². The van der Waals surface area contributed by atoms with Crippen LogP contribution in [0.1, 0.15) is 62.7 Å².